The van der Waals surface area contributed by atoms with Gasteiger partial charge in [-0.3, -0.25) is 0 Å². The largest absolute Gasteiger partial charge is 0.450 e. The number of nitrogens with zero attached hydrogens (tertiary/aromatic N) is 3. The molecule has 1 atom stereocenters. The van der Waals surface area contributed by atoms with Crippen molar-refractivity contribution in [2.45, 2.75) is 19.8 Å². The van der Waals surface area contributed by atoms with E-state index < -0.39 is 0 Å². The number of hydrogen-bond acceptors (Lipinski definition) is 5. The van der Waals surface area contributed by atoms with E-state index in [0.29, 0.717) is 12.5 Å². The Hall–Kier alpha value is -3.61. The number of aryl methyl sites for hydroxylation is 1. The summed E-state index contributed by atoms with van der Waals surface area (Å²) in [7, 11) is 0. The highest BCUT2D eigenvalue weighted by atomic mass is 16.3. The van der Waals surface area contributed by atoms with E-state index in [0.717, 1.165) is 65.1 Å². The predicted octanol–water partition coefficient (Wildman–Crippen LogP) is 4.72. The van der Waals surface area contributed by atoms with Gasteiger partial charge in [-0.1, -0.05) is 29.8 Å². The van der Waals surface area contributed by atoms with Crippen molar-refractivity contribution in [1.29, 1.82) is 0 Å². The maximum Gasteiger partial charge on any atom is 0.319 e. The minimum atomic E-state index is -0.178. The number of nitrogens with one attached hydrogen (secondary N) is 2. The first kappa shape index (κ1) is 19.4. The van der Waals surface area contributed by atoms with Gasteiger partial charge in [0.05, 0.1) is 0 Å². The summed E-state index contributed by atoms with van der Waals surface area (Å²) < 4.78 is 6.10. The highest BCUT2D eigenvalue weighted by molar-refractivity contribution is 6.05. The summed E-state index contributed by atoms with van der Waals surface area (Å²) in [6.45, 7) is 4.36. The molecule has 1 unspecified atom stereocenters. The van der Waals surface area contributed by atoms with Crippen LogP contribution in [-0.2, 0) is 0 Å². The van der Waals surface area contributed by atoms with Crippen molar-refractivity contribution in [3.8, 4) is 0 Å². The number of benzene rings is 2. The molecule has 1 saturated heterocycles. The summed E-state index contributed by atoms with van der Waals surface area (Å²) in [4.78, 5) is 23.5. The summed E-state index contributed by atoms with van der Waals surface area (Å²) in [5.41, 5.74) is 4.35. The lowest BCUT2D eigenvalue weighted by Gasteiger charge is -2.33. The summed E-state index contributed by atoms with van der Waals surface area (Å²) >= 11 is 0. The molecule has 2 amide bonds. The molecule has 0 radical (unpaired) electrons. The minimum absolute atomic E-state index is 0.178. The number of piperidine rings is 1. The van der Waals surface area contributed by atoms with E-state index in [1.54, 1.807) is 6.33 Å². The first-order chi connectivity index (χ1) is 15.2. The van der Waals surface area contributed by atoms with Crippen LogP contribution in [0.5, 0.6) is 0 Å². The van der Waals surface area contributed by atoms with E-state index in [1.165, 1.54) is 0 Å². The quantitative estimate of drug-likeness (QED) is 0.504. The molecule has 2 aromatic heterocycles. The molecule has 7 heteroatoms. The molecule has 0 saturated carbocycles. The summed E-state index contributed by atoms with van der Waals surface area (Å²) in [5, 5.41) is 6.91. The average molecular weight is 415 g/mol. The van der Waals surface area contributed by atoms with Crippen LogP contribution in [0.1, 0.15) is 18.4 Å². The number of rotatable bonds is 4. The second-order valence-corrected chi connectivity index (χ2v) is 8.13. The Morgan fingerprint density at radius 2 is 2.00 bits per heavy atom. The number of amides is 2. The van der Waals surface area contributed by atoms with Crippen molar-refractivity contribution in [2.24, 2.45) is 5.92 Å². The molecule has 1 fully saturated rings. The van der Waals surface area contributed by atoms with Gasteiger partial charge in [-0.15, -0.1) is 0 Å². The SMILES string of the molecule is Cc1ccc(NC(=O)NCC2CCCN(c3ncnc4c3oc3ccccc34)C2)cc1. The second kappa shape index (κ2) is 8.26. The van der Waals surface area contributed by atoms with Crippen LogP contribution in [0.25, 0.3) is 22.1 Å². The number of fused-ring (bicyclic) bond motifs is 3. The van der Waals surface area contributed by atoms with Crippen LogP contribution in [0, 0.1) is 12.8 Å². The molecular formula is C24H25N5O2. The second-order valence-electron chi connectivity index (χ2n) is 8.13. The fourth-order valence-corrected chi connectivity index (χ4v) is 4.21. The smallest absolute Gasteiger partial charge is 0.319 e. The van der Waals surface area contributed by atoms with E-state index in [9.17, 15) is 4.79 Å². The van der Waals surface area contributed by atoms with E-state index in [-0.39, 0.29) is 6.03 Å². The Balaban J connectivity index is 1.26. The van der Waals surface area contributed by atoms with E-state index in [4.69, 9.17) is 4.42 Å². The molecule has 0 spiro atoms. The van der Waals surface area contributed by atoms with Gasteiger partial charge in [0.15, 0.2) is 11.4 Å². The van der Waals surface area contributed by atoms with E-state index in [2.05, 4.69) is 25.5 Å². The monoisotopic (exact) mass is 415 g/mol. The summed E-state index contributed by atoms with van der Waals surface area (Å²) in [6, 6.07) is 15.5. The van der Waals surface area contributed by atoms with Crippen molar-refractivity contribution in [3.05, 3.63) is 60.4 Å². The predicted molar refractivity (Wildman–Crippen MR) is 122 cm³/mol. The van der Waals surface area contributed by atoms with E-state index >= 15 is 0 Å². The minimum Gasteiger partial charge on any atom is -0.450 e. The first-order valence-electron chi connectivity index (χ1n) is 10.7. The van der Waals surface area contributed by atoms with Gasteiger partial charge in [0.25, 0.3) is 0 Å². The fraction of sp³-hybridized carbons (Fsp3) is 0.292. The van der Waals surface area contributed by atoms with Gasteiger partial charge in [-0.05, 0) is 49.9 Å². The molecule has 158 valence electrons. The van der Waals surface area contributed by atoms with Crippen LogP contribution in [0.3, 0.4) is 0 Å². The van der Waals surface area contributed by atoms with Gasteiger partial charge in [-0.25, -0.2) is 14.8 Å². The Kier molecular flexibility index (Phi) is 5.16. The van der Waals surface area contributed by atoms with Crippen molar-refractivity contribution < 1.29 is 9.21 Å². The van der Waals surface area contributed by atoms with Gasteiger partial charge in [-0.2, -0.15) is 0 Å². The number of urea groups is 1. The third-order valence-corrected chi connectivity index (χ3v) is 5.82. The lowest BCUT2D eigenvalue weighted by Crippen LogP contribution is -2.42. The summed E-state index contributed by atoms with van der Waals surface area (Å²) in [6.07, 6.45) is 3.71. The lowest BCUT2D eigenvalue weighted by molar-refractivity contribution is 0.249. The number of carbonyl (C=O) groups excluding carboxylic acids is 1. The molecular weight excluding hydrogens is 390 g/mol. The molecule has 4 aromatic rings. The molecule has 1 aliphatic heterocycles. The normalized spacial score (nSPS) is 16.5. The highest BCUT2D eigenvalue weighted by Gasteiger charge is 2.25. The van der Waals surface area contributed by atoms with Crippen molar-refractivity contribution in [1.82, 2.24) is 15.3 Å². The van der Waals surface area contributed by atoms with Gasteiger partial charge < -0.3 is 20.0 Å². The number of anilines is 2. The Bertz CT molecular complexity index is 1220. The zero-order valence-corrected chi connectivity index (χ0v) is 17.5. The van der Waals surface area contributed by atoms with Crippen LogP contribution >= 0.6 is 0 Å². The number of hydrogen-bond donors (Lipinski definition) is 2. The van der Waals surface area contributed by atoms with E-state index in [1.807, 2.05) is 55.5 Å². The number of para-hydroxylation sites is 1. The average Bonchev–Trinajstić information content (AvgIpc) is 3.18. The van der Waals surface area contributed by atoms with Gasteiger partial charge in [0, 0.05) is 30.7 Å². The summed E-state index contributed by atoms with van der Waals surface area (Å²) in [5.74, 6) is 1.17. The number of carbonyl (C=O) groups is 1. The van der Waals surface area contributed by atoms with Crippen LogP contribution in [-0.4, -0.2) is 35.6 Å². The Morgan fingerprint density at radius 3 is 2.87 bits per heavy atom. The maximum atomic E-state index is 12.3. The molecule has 0 aliphatic carbocycles. The molecule has 7 nitrogen and oxygen atoms in total. The Morgan fingerprint density at radius 1 is 1.16 bits per heavy atom. The molecule has 0 bridgehead atoms. The van der Waals surface area contributed by atoms with Gasteiger partial charge in [0.1, 0.15) is 17.4 Å². The van der Waals surface area contributed by atoms with Crippen LogP contribution in [0.15, 0.2) is 59.3 Å². The van der Waals surface area contributed by atoms with Crippen molar-refractivity contribution in [2.75, 3.05) is 29.9 Å². The first-order valence-corrected chi connectivity index (χ1v) is 10.7. The van der Waals surface area contributed by atoms with Crippen LogP contribution < -0.4 is 15.5 Å². The fourth-order valence-electron chi connectivity index (χ4n) is 4.21. The van der Waals surface area contributed by atoms with Crippen molar-refractivity contribution in [3.63, 3.8) is 0 Å². The van der Waals surface area contributed by atoms with Gasteiger partial charge in [0.2, 0.25) is 0 Å². The van der Waals surface area contributed by atoms with Crippen LogP contribution in [0.2, 0.25) is 0 Å². The number of furan rings is 1. The zero-order chi connectivity index (χ0) is 21.2. The number of aromatic nitrogens is 2. The third-order valence-electron chi connectivity index (χ3n) is 5.82. The standard InChI is InChI=1S/C24H25N5O2/c1-16-8-10-18(11-9-16)28-24(30)25-13-17-5-4-12-29(14-17)23-22-21(26-15-27-23)19-6-2-3-7-20(19)31-22/h2-3,6-11,15,17H,4-5,12-14H2,1H3,(H2,25,28,30). The zero-order valence-electron chi connectivity index (χ0n) is 17.5. The van der Waals surface area contributed by atoms with Gasteiger partial charge >= 0.3 is 6.03 Å². The molecule has 2 N–H and O–H groups in total. The molecule has 1 aliphatic rings. The van der Waals surface area contributed by atoms with Crippen molar-refractivity contribution >= 4 is 39.6 Å². The maximum absolute atomic E-state index is 12.3. The molecule has 31 heavy (non-hydrogen) atoms. The molecule has 5 rings (SSSR count). The Labute approximate surface area is 180 Å². The lowest BCUT2D eigenvalue weighted by atomic mass is 9.98. The topological polar surface area (TPSA) is 83.3 Å². The third kappa shape index (κ3) is 4.03. The molecule has 2 aromatic carbocycles. The highest BCUT2D eigenvalue weighted by Crippen LogP contribution is 2.33. The van der Waals surface area contributed by atoms with Crippen LogP contribution in [0.4, 0.5) is 16.3 Å². The molecule has 3 heterocycles.